The van der Waals surface area contributed by atoms with E-state index in [9.17, 15) is 0 Å². The molecule has 2 heterocycles. The normalized spacial score (nSPS) is 29.8. The molecule has 0 radical (unpaired) electrons. The number of ether oxygens (including phenoxy) is 2. The zero-order valence-electron chi connectivity index (χ0n) is 8.93. The summed E-state index contributed by atoms with van der Waals surface area (Å²) in [5.74, 6) is 2.03. The number of benzene rings is 1. The first kappa shape index (κ1) is 11.0. The van der Waals surface area contributed by atoms with Crippen LogP contribution in [0.5, 0.6) is 0 Å². The molecular weight excluding hydrogens is 240 g/mol. The highest BCUT2D eigenvalue weighted by Gasteiger charge is 2.22. The summed E-state index contributed by atoms with van der Waals surface area (Å²) in [4.78, 5) is 0. The van der Waals surface area contributed by atoms with E-state index in [1.54, 1.807) is 0 Å². The van der Waals surface area contributed by atoms with Crippen molar-refractivity contribution in [3.63, 3.8) is 0 Å². The van der Waals surface area contributed by atoms with Crippen molar-refractivity contribution in [3.05, 3.63) is 35.4 Å². The minimum Gasteiger partial charge on any atom is -0.363 e. The summed E-state index contributed by atoms with van der Waals surface area (Å²) in [5, 5.41) is 0. The SMILES string of the molecule is c1cc(C2OCS2)ccc1C1OCCCS1. The molecule has 2 saturated heterocycles. The molecule has 2 fully saturated rings. The number of rotatable bonds is 2. The molecule has 0 amide bonds. The maximum atomic E-state index is 5.73. The van der Waals surface area contributed by atoms with E-state index in [1.165, 1.54) is 23.3 Å². The van der Waals surface area contributed by atoms with Gasteiger partial charge in [-0.05, 0) is 23.3 Å². The Morgan fingerprint density at radius 1 is 0.938 bits per heavy atom. The van der Waals surface area contributed by atoms with E-state index in [4.69, 9.17) is 9.47 Å². The van der Waals surface area contributed by atoms with Gasteiger partial charge in [-0.1, -0.05) is 36.0 Å². The lowest BCUT2D eigenvalue weighted by molar-refractivity contribution is 0.106. The van der Waals surface area contributed by atoms with Crippen LogP contribution in [0.2, 0.25) is 0 Å². The van der Waals surface area contributed by atoms with Crippen LogP contribution >= 0.6 is 23.5 Å². The van der Waals surface area contributed by atoms with Gasteiger partial charge in [0.15, 0.2) is 0 Å². The molecule has 1 aromatic rings. The predicted molar refractivity (Wildman–Crippen MR) is 68.5 cm³/mol. The highest BCUT2D eigenvalue weighted by Crippen LogP contribution is 2.40. The Bertz CT molecular complexity index is 343. The molecule has 16 heavy (non-hydrogen) atoms. The highest BCUT2D eigenvalue weighted by molar-refractivity contribution is 8.00. The van der Waals surface area contributed by atoms with Crippen molar-refractivity contribution in [1.82, 2.24) is 0 Å². The molecule has 2 atom stereocenters. The van der Waals surface area contributed by atoms with Gasteiger partial charge >= 0.3 is 0 Å². The second-order valence-corrected chi connectivity index (χ2v) is 6.04. The van der Waals surface area contributed by atoms with E-state index in [2.05, 4.69) is 24.3 Å². The first-order valence-corrected chi connectivity index (χ1v) is 7.59. The minimum atomic E-state index is 0.234. The van der Waals surface area contributed by atoms with Crippen LogP contribution in [-0.2, 0) is 9.47 Å². The smallest absolute Gasteiger partial charge is 0.131 e. The molecule has 1 aromatic carbocycles. The van der Waals surface area contributed by atoms with Crippen molar-refractivity contribution in [1.29, 1.82) is 0 Å². The van der Waals surface area contributed by atoms with Crippen LogP contribution in [0.1, 0.15) is 28.4 Å². The Morgan fingerprint density at radius 2 is 1.56 bits per heavy atom. The minimum absolute atomic E-state index is 0.234. The summed E-state index contributed by atoms with van der Waals surface area (Å²) >= 11 is 3.73. The Labute approximate surface area is 104 Å². The summed E-state index contributed by atoms with van der Waals surface area (Å²) in [5.41, 5.74) is 3.03. The van der Waals surface area contributed by atoms with Crippen LogP contribution in [0, 0.1) is 0 Å². The quantitative estimate of drug-likeness (QED) is 0.803. The standard InChI is InChI=1S/C12H14O2S2/c1-6-13-11(15-7-1)9-2-4-10(5-3-9)12-14-8-16-12/h2-5,11-12H,1,6-8H2. The summed E-state index contributed by atoms with van der Waals surface area (Å²) in [6.07, 6.45) is 1.17. The van der Waals surface area contributed by atoms with E-state index in [0.29, 0.717) is 0 Å². The third-order valence-electron chi connectivity index (χ3n) is 2.75. The molecule has 2 aliphatic heterocycles. The van der Waals surface area contributed by atoms with Crippen LogP contribution in [0.4, 0.5) is 0 Å². The van der Waals surface area contributed by atoms with Gasteiger partial charge in [-0.3, -0.25) is 0 Å². The molecule has 2 nitrogen and oxygen atoms in total. The number of thioether (sulfide) groups is 2. The molecule has 0 aromatic heterocycles. The first-order chi connectivity index (χ1) is 7.93. The van der Waals surface area contributed by atoms with E-state index in [-0.39, 0.29) is 10.9 Å². The Hall–Kier alpha value is -0.160. The topological polar surface area (TPSA) is 18.5 Å². The average Bonchev–Trinajstić information content (AvgIpc) is 2.29. The summed E-state index contributed by atoms with van der Waals surface area (Å²) < 4.78 is 11.2. The fourth-order valence-electron chi connectivity index (χ4n) is 1.82. The Morgan fingerprint density at radius 3 is 2.00 bits per heavy atom. The number of hydrogen-bond acceptors (Lipinski definition) is 4. The first-order valence-electron chi connectivity index (χ1n) is 5.50. The zero-order chi connectivity index (χ0) is 10.8. The van der Waals surface area contributed by atoms with E-state index in [1.807, 2.05) is 23.5 Å². The van der Waals surface area contributed by atoms with Crippen LogP contribution in [0.3, 0.4) is 0 Å². The molecule has 0 saturated carbocycles. The van der Waals surface area contributed by atoms with Gasteiger partial charge in [0.2, 0.25) is 0 Å². The number of hydrogen-bond donors (Lipinski definition) is 0. The molecule has 4 heteroatoms. The lowest BCUT2D eigenvalue weighted by atomic mass is 10.1. The largest absolute Gasteiger partial charge is 0.363 e. The molecular formula is C12H14O2S2. The maximum absolute atomic E-state index is 5.73. The Kier molecular flexibility index (Phi) is 3.43. The van der Waals surface area contributed by atoms with Gasteiger partial charge in [-0.2, -0.15) is 0 Å². The summed E-state index contributed by atoms with van der Waals surface area (Å²) in [6, 6.07) is 8.65. The second-order valence-electron chi connectivity index (χ2n) is 3.88. The predicted octanol–water partition coefficient (Wildman–Crippen LogP) is 3.56. The van der Waals surface area contributed by atoms with Crippen molar-refractivity contribution in [2.24, 2.45) is 0 Å². The average molecular weight is 254 g/mol. The van der Waals surface area contributed by atoms with Crippen molar-refractivity contribution in [3.8, 4) is 0 Å². The van der Waals surface area contributed by atoms with Crippen molar-refractivity contribution in [2.75, 3.05) is 18.3 Å². The van der Waals surface area contributed by atoms with Crippen molar-refractivity contribution >= 4 is 23.5 Å². The van der Waals surface area contributed by atoms with Gasteiger partial charge in [0.1, 0.15) is 10.9 Å². The van der Waals surface area contributed by atoms with Crippen LogP contribution in [0.25, 0.3) is 0 Å². The zero-order valence-corrected chi connectivity index (χ0v) is 10.6. The monoisotopic (exact) mass is 254 g/mol. The fraction of sp³-hybridized carbons (Fsp3) is 0.500. The maximum Gasteiger partial charge on any atom is 0.131 e. The molecule has 0 aliphatic carbocycles. The van der Waals surface area contributed by atoms with Gasteiger partial charge < -0.3 is 9.47 Å². The second kappa shape index (κ2) is 5.00. The summed E-state index contributed by atoms with van der Waals surface area (Å²) in [7, 11) is 0. The molecule has 0 spiro atoms. The van der Waals surface area contributed by atoms with Crippen LogP contribution in [0.15, 0.2) is 24.3 Å². The van der Waals surface area contributed by atoms with Gasteiger partial charge in [0, 0.05) is 6.61 Å². The molecule has 3 rings (SSSR count). The molecule has 2 aliphatic rings. The van der Waals surface area contributed by atoms with Crippen molar-refractivity contribution in [2.45, 2.75) is 17.3 Å². The Balaban J connectivity index is 1.70. The van der Waals surface area contributed by atoms with E-state index >= 15 is 0 Å². The molecule has 86 valence electrons. The van der Waals surface area contributed by atoms with Gasteiger partial charge in [0.05, 0.1) is 5.94 Å². The third kappa shape index (κ3) is 2.25. The van der Waals surface area contributed by atoms with Gasteiger partial charge in [0.25, 0.3) is 0 Å². The van der Waals surface area contributed by atoms with Gasteiger partial charge in [-0.15, -0.1) is 11.8 Å². The fourth-order valence-corrected chi connectivity index (χ4v) is 3.48. The lowest BCUT2D eigenvalue weighted by Crippen LogP contribution is -2.12. The van der Waals surface area contributed by atoms with Crippen LogP contribution < -0.4 is 0 Å². The third-order valence-corrected chi connectivity index (χ3v) is 4.97. The lowest BCUT2D eigenvalue weighted by Gasteiger charge is -2.27. The van der Waals surface area contributed by atoms with E-state index in [0.717, 1.165) is 12.5 Å². The summed E-state index contributed by atoms with van der Waals surface area (Å²) in [6.45, 7) is 0.890. The van der Waals surface area contributed by atoms with Crippen LogP contribution in [-0.4, -0.2) is 18.3 Å². The molecule has 0 bridgehead atoms. The van der Waals surface area contributed by atoms with E-state index < -0.39 is 0 Å². The molecule has 0 N–H and O–H groups in total. The van der Waals surface area contributed by atoms with Crippen molar-refractivity contribution < 1.29 is 9.47 Å². The molecule has 2 unspecified atom stereocenters. The highest BCUT2D eigenvalue weighted by atomic mass is 32.2. The van der Waals surface area contributed by atoms with Gasteiger partial charge in [-0.25, -0.2) is 0 Å².